The summed E-state index contributed by atoms with van der Waals surface area (Å²) < 4.78 is 20.9. The van der Waals surface area contributed by atoms with Gasteiger partial charge < -0.3 is 24.3 Å². The van der Waals surface area contributed by atoms with Crippen molar-refractivity contribution in [2.24, 2.45) is 0 Å². The number of rotatable bonds is 8. The van der Waals surface area contributed by atoms with Gasteiger partial charge in [0.1, 0.15) is 23.0 Å². The van der Waals surface area contributed by atoms with Crippen molar-refractivity contribution in [1.29, 1.82) is 0 Å². The Hall–Kier alpha value is -2.89. The monoisotopic (exact) mass is 345 g/mol. The molecule has 0 fully saturated rings. The molecule has 0 atom stereocenters. The highest BCUT2D eigenvalue weighted by molar-refractivity contribution is 5.92. The molecule has 0 bridgehead atoms. The average Bonchev–Trinajstić information content (AvgIpc) is 2.66. The number of hydrogen-bond donors (Lipinski definition) is 1. The summed E-state index contributed by atoms with van der Waals surface area (Å²) >= 11 is 0. The zero-order valence-corrected chi connectivity index (χ0v) is 14.9. The van der Waals surface area contributed by atoms with Crippen LogP contribution in [0, 0.1) is 0 Å². The highest BCUT2D eigenvalue weighted by atomic mass is 16.5. The molecule has 0 unspecified atom stereocenters. The number of anilines is 1. The molecule has 0 aliphatic rings. The zero-order chi connectivity index (χ0) is 18.2. The molecule has 0 heterocycles. The van der Waals surface area contributed by atoms with Gasteiger partial charge in [0.15, 0.2) is 0 Å². The van der Waals surface area contributed by atoms with Gasteiger partial charge in [-0.25, -0.2) is 0 Å². The molecule has 25 heavy (non-hydrogen) atoms. The lowest BCUT2D eigenvalue weighted by Crippen LogP contribution is -2.13. The molecule has 0 spiro atoms. The minimum atomic E-state index is -0.106. The molecular weight excluding hydrogens is 322 g/mol. The topological polar surface area (TPSA) is 66.0 Å². The van der Waals surface area contributed by atoms with Crippen molar-refractivity contribution < 1.29 is 23.7 Å². The molecule has 0 aliphatic carbocycles. The second-order valence-corrected chi connectivity index (χ2v) is 5.34. The van der Waals surface area contributed by atoms with E-state index in [1.54, 1.807) is 52.7 Å². The third-order valence-electron chi connectivity index (χ3n) is 3.73. The first-order valence-electron chi connectivity index (χ1n) is 7.83. The molecule has 1 amide bonds. The van der Waals surface area contributed by atoms with E-state index in [0.717, 1.165) is 5.56 Å². The predicted octanol–water partition coefficient (Wildman–Crippen LogP) is 3.29. The third kappa shape index (κ3) is 5.04. The van der Waals surface area contributed by atoms with Crippen LogP contribution in [0.25, 0.3) is 0 Å². The lowest BCUT2D eigenvalue weighted by molar-refractivity contribution is -0.116. The molecule has 0 aromatic heterocycles. The molecule has 0 saturated carbocycles. The fourth-order valence-corrected chi connectivity index (χ4v) is 2.38. The van der Waals surface area contributed by atoms with Gasteiger partial charge in [-0.1, -0.05) is 0 Å². The Morgan fingerprint density at radius 3 is 2.04 bits per heavy atom. The van der Waals surface area contributed by atoms with Crippen LogP contribution < -0.4 is 24.3 Å². The first-order chi connectivity index (χ1) is 12.1. The molecule has 2 aromatic carbocycles. The maximum Gasteiger partial charge on any atom is 0.224 e. The summed E-state index contributed by atoms with van der Waals surface area (Å²) in [6, 6.07) is 10.8. The standard InChI is InChI=1S/C19H23NO5/c1-22-14-6-7-17(18(12-14)25-4)20-19(21)8-5-13-9-15(23-2)11-16(10-13)24-3/h6-7,9-12H,5,8H2,1-4H3,(H,20,21). The molecule has 6 heteroatoms. The number of nitrogens with one attached hydrogen (secondary N) is 1. The summed E-state index contributed by atoms with van der Waals surface area (Å²) in [5.74, 6) is 2.51. The summed E-state index contributed by atoms with van der Waals surface area (Å²) in [7, 11) is 6.32. The van der Waals surface area contributed by atoms with E-state index in [0.29, 0.717) is 41.5 Å². The first-order valence-corrected chi connectivity index (χ1v) is 7.83. The quantitative estimate of drug-likeness (QED) is 0.795. The summed E-state index contributed by atoms with van der Waals surface area (Å²) in [6.45, 7) is 0. The molecule has 6 nitrogen and oxygen atoms in total. The van der Waals surface area contributed by atoms with Gasteiger partial charge in [0.05, 0.1) is 34.1 Å². The molecule has 1 N–H and O–H groups in total. The van der Waals surface area contributed by atoms with Crippen LogP contribution in [-0.4, -0.2) is 34.3 Å². The minimum Gasteiger partial charge on any atom is -0.497 e. The Morgan fingerprint density at radius 2 is 1.48 bits per heavy atom. The van der Waals surface area contributed by atoms with Gasteiger partial charge in [-0.2, -0.15) is 0 Å². The summed E-state index contributed by atoms with van der Waals surface area (Å²) in [5, 5.41) is 2.86. The van der Waals surface area contributed by atoms with E-state index in [9.17, 15) is 4.79 Å². The van der Waals surface area contributed by atoms with Gasteiger partial charge in [0.25, 0.3) is 0 Å². The Bertz CT molecular complexity index is 707. The number of benzene rings is 2. The van der Waals surface area contributed by atoms with Crippen LogP contribution >= 0.6 is 0 Å². The average molecular weight is 345 g/mol. The van der Waals surface area contributed by atoms with E-state index in [-0.39, 0.29) is 5.91 Å². The molecule has 134 valence electrons. The lowest BCUT2D eigenvalue weighted by Gasteiger charge is -2.12. The van der Waals surface area contributed by atoms with Gasteiger partial charge in [-0.15, -0.1) is 0 Å². The third-order valence-corrected chi connectivity index (χ3v) is 3.73. The summed E-state index contributed by atoms with van der Waals surface area (Å²) in [5.41, 5.74) is 1.57. The highest BCUT2D eigenvalue weighted by Crippen LogP contribution is 2.29. The van der Waals surface area contributed by atoms with E-state index < -0.39 is 0 Å². The summed E-state index contributed by atoms with van der Waals surface area (Å²) in [6.07, 6.45) is 0.892. The van der Waals surface area contributed by atoms with Crippen LogP contribution in [0.5, 0.6) is 23.0 Å². The van der Waals surface area contributed by atoms with E-state index >= 15 is 0 Å². The van der Waals surface area contributed by atoms with Gasteiger partial charge in [0, 0.05) is 18.6 Å². The van der Waals surface area contributed by atoms with Crippen molar-refractivity contribution in [2.45, 2.75) is 12.8 Å². The largest absolute Gasteiger partial charge is 0.497 e. The first kappa shape index (κ1) is 18.4. The minimum absolute atomic E-state index is 0.106. The van der Waals surface area contributed by atoms with Gasteiger partial charge in [-0.05, 0) is 36.2 Å². The summed E-state index contributed by atoms with van der Waals surface area (Å²) in [4.78, 5) is 12.3. The highest BCUT2D eigenvalue weighted by Gasteiger charge is 2.10. The maximum atomic E-state index is 12.3. The fourth-order valence-electron chi connectivity index (χ4n) is 2.38. The normalized spacial score (nSPS) is 10.1. The van der Waals surface area contributed by atoms with Gasteiger partial charge in [-0.3, -0.25) is 4.79 Å². The van der Waals surface area contributed by atoms with E-state index in [4.69, 9.17) is 18.9 Å². The van der Waals surface area contributed by atoms with Crippen molar-refractivity contribution in [2.75, 3.05) is 33.8 Å². The Labute approximate surface area is 147 Å². The second kappa shape index (κ2) is 8.82. The molecule has 2 rings (SSSR count). The Kier molecular flexibility index (Phi) is 6.51. The number of carbonyl (C=O) groups is 1. The van der Waals surface area contributed by atoms with E-state index in [1.165, 1.54) is 0 Å². The van der Waals surface area contributed by atoms with Crippen LogP contribution in [0.2, 0.25) is 0 Å². The number of amides is 1. The number of methoxy groups -OCH3 is 4. The molecular formula is C19H23NO5. The Balaban J connectivity index is 2.01. The smallest absolute Gasteiger partial charge is 0.224 e. The van der Waals surface area contributed by atoms with Crippen LogP contribution in [0.15, 0.2) is 36.4 Å². The second-order valence-electron chi connectivity index (χ2n) is 5.34. The molecule has 0 radical (unpaired) electrons. The SMILES string of the molecule is COc1cc(CCC(=O)Nc2ccc(OC)cc2OC)cc(OC)c1. The van der Waals surface area contributed by atoms with Crippen molar-refractivity contribution >= 4 is 11.6 Å². The predicted molar refractivity (Wildman–Crippen MR) is 96.0 cm³/mol. The van der Waals surface area contributed by atoms with Crippen molar-refractivity contribution in [3.05, 3.63) is 42.0 Å². The van der Waals surface area contributed by atoms with Crippen LogP contribution in [0.4, 0.5) is 5.69 Å². The van der Waals surface area contributed by atoms with Crippen LogP contribution in [0.1, 0.15) is 12.0 Å². The Morgan fingerprint density at radius 1 is 0.840 bits per heavy atom. The fraction of sp³-hybridized carbons (Fsp3) is 0.316. The van der Waals surface area contributed by atoms with Gasteiger partial charge in [0.2, 0.25) is 5.91 Å². The number of carbonyl (C=O) groups excluding carboxylic acids is 1. The zero-order valence-electron chi connectivity index (χ0n) is 14.9. The molecule has 0 saturated heterocycles. The van der Waals surface area contributed by atoms with Gasteiger partial charge >= 0.3 is 0 Å². The van der Waals surface area contributed by atoms with Crippen LogP contribution in [0.3, 0.4) is 0 Å². The van der Waals surface area contributed by atoms with Crippen LogP contribution in [-0.2, 0) is 11.2 Å². The molecule has 2 aromatic rings. The molecule has 0 aliphatic heterocycles. The van der Waals surface area contributed by atoms with E-state index in [1.807, 2.05) is 12.1 Å². The number of hydrogen-bond acceptors (Lipinski definition) is 5. The lowest BCUT2D eigenvalue weighted by atomic mass is 10.1. The van der Waals surface area contributed by atoms with Crippen molar-refractivity contribution in [1.82, 2.24) is 0 Å². The van der Waals surface area contributed by atoms with Crippen molar-refractivity contribution in [3.63, 3.8) is 0 Å². The number of ether oxygens (including phenoxy) is 4. The maximum absolute atomic E-state index is 12.3. The van der Waals surface area contributed by atoms with E-state index in [2.05, 4.69) is 5.32 Å². The number of aryl methyl sites for hydroxylation is 1. The van der Waals surface area contributed by atoms with Crippen molar-refractivity contribution in [3.8, 4) is 23.0 Å².